The number of benzene rings is 1. The third-order valence-corrected chi connectivity index (χ3v) is 7.47. The predicted molar refractivity (Wildman–Crippen MR) is 130 cm³/mol. The van der Waals surface area contributed by atoms with Crippen LogP contribution in [0.25, 0.3) is 16.6 Å². The largest absolute Gasteiger partial charge is 0.489 e. The molecule has 0 saturated carbocycles. The number of carbonyl (C=O) groups is 1. The van der Waals surface area contributed by atoms with Gasteiger partial charge in [0, 0.05) is 51.7 Å². The minimum atomic E-state index is -3.12. The van der Waals surface area contributed by atoms with E-state index in [2.05, 4.69) is 10.1 Å². The Morgan fingerprint density at radius 2 is 2.14 bits per heavy atom. The van der Waals surface area contributed by atoms with E-state index in [9.17, 15) is 13.6 Å². The molecular weight excluding hydrogens is 480 g/mol. The standard InChI is InChI=1S/C27H23F2N5O3/c1-27(30)12-36-20-9-14(11-31-24(20)27)13-6-7-34-17(8-13)22-16-10-18(23(22)32-34)33(2)25(35)15-4-3-5-19(21(15)16)37-26(28)29/h3-9,11,16,18,26H,10,12,30H2,1-2H3/t16-,18-,27-/m1/s1/i2D3. The molecule has 10 heteroatoms. The van der Waals surface area contributed by atoms with Crippen molar-refractivity contribution in [2.24, 2.45) is 5.73 Å². The molecule has 2 N–H and O–H groups in total. The van der Waals surface area contributed by atoms with Crippen molar-refractivity contribution in [3.8, 4) is 22.6 Å². The smallest absolute Gasteiger partial charge is 0.387 e. The van der Waals surface area contributed by atoms with Gasteiger partial charge in [0.25, 0.3) is 5.91 Å². The maximum Gasteiger partial charge on any atom is 0.387 e. The summed E-state index contributed by atoms with van der Waals surface area (Å²) in [4.78, 5) is 19.0. The highest BCUT2D eigenvalue weighted by Crippen LogP contribution is 2.53. The molecule has 1 aromatic carbocycles. The summed E-state index contributed by atoms with van der Waals surface area (Å²) in [5.74, 6) is -0.941. The Bertz CT molecular complexity index is 1720. The molecule has 0 radical (unpaired) electrons. The van der Waals surface area contributed by atoms with Crippen LogP contribution in [0.3, 0.4) is 0 Å². The average molecular weight is 507 g/mol. The van der Waals surface area contributed by atoms with Crippen LogP contribution in [0, 0.1) is 0 Å². The van der Waals surface area contributed by atoms with E-state index in [0.717, 1.165) is 16.0 Å². The molecule has 1 amide bonds. The molecule has 0 fully saturated rings. The molecule has 3 aromatic heterocycles. The zero-order valence-electron chi connectivity index (χ0n) is 22.6. The number of hydrogen-bond donors (Lipinski definition) is 1. The van der Waals surface area contributed by atoms with Gasteiger partial charge in [0.2, 0.25) is 0 Å². The molecule has 0 unspecified atom stereocenters. The van der Waals surface area contributed by atoms with E-state index < -0.39 is 37.0 Å². The third kappa shape index (κ3) is 3.11. The number of carbonyl (C=O) groups excluding carboxylic acids is 1. The highest BCUT2D eigenvalue weighted by molar-refractivity contribution is 5.98. The topological polar surface area (TPSA) is 95.0 Å². The number of nitrogens with two attached hydrogens (primary N) is 1. The van der Waals surface area contributed by atoms with Crippen molar-refractivity contribution in [2.75, 3.05) is 13.6 Å². The van der Waals surface area contributed by atoms with Crippen molar-refractivity contribution in [3.05, 3.63) is 76.9 Å². The number of rotatable bonds is 3. The van der Waals surface area contributed by atoms with Gasteiger partial charge in [-0.25, -0.2) is 4.52 Å². The number of hydrogen-bond acceptors (Lipinski definition) is 6. The SMILES string of the molecule is [2H]C([2H])([2H])N1C(=O)c2cccc(OC(F)F)c2[C@H]2C[C@@H]1c1nn3ccc(-c4cnc5c(c4)OC[C@@]5(C)N)cc3c12. The molecule has 5 heterocycles. The molecular formula is C27H23F2N5O3. The first kappa shape index (κ1) is 19.1. The van der Waals surface area contributed by atoms with Gasteiger partial charge in [0.1, 0.15) is 23.8 Å². The van der Waals surface area contributed by atoms with Gasteiger partial charge in [-0.05, 0) is 49.2 Å². The number of pyridine rings is 2. The lowest BCUT2D eigenvalue weighted by atomic mass is 9.88. The van der Waals surface area contributed by atoms with Crippen LogP contribution in [-0.4, -0.2) is 45.6 Å². The number of ether oxygens (including phenoxy) is 2. The zero-order valence-corrected chi connectivity index (χ0v) is 19.6. The minimum absolute atomic E-state index is 0.0211. The van der Waals surface area contributed by atoms with Crippen LogP contribution in [0.4, 0.5) is 8.78 Å². The summed E-state index contributed by atoms with van der Waals surface area (Å²) in [5.41, 5.74) is 9.82. The quantitative estimate of drug-likeness (QED) is 0.447. The second kappa shape index (κ2) is 7.48. The zero-order chi connectivity index (χ0) is 28.1. The van der Waals surface area contributed by atoms with Crippen molar-refractivity contribution in [1.29, 1.82) is 0 Å². The maximum atomic E-state index is 13.6. The molecule has 4 aromatic rings. The van der Waals surface area contributed by atoms with E-state index in [1.807, 2.05) is 25.1 Å². The van der Waals surface area contributed by atoms with Crippen LogP contribution in [-0.2, 0) is 5.54 Å². The molecule has 8 nitrogen and oxygen atoms in total. The molecule has 3 aliphatic rings. The second-order valence-corrected chi connectivity index (χ2v) is 9.90. The monoisotopic (exact) mass is 506 g/mol. The Labute approximate surface area is 214 Å². The lowest BCUT2D eigenvalue weighted by Gasteiger charge is -2.23. The molecule has 0 saturated heterocycles. The van der Waals surface area contributed by atoms with Gasteiger partial charge in [0.05, 0.1) is 22.8 Å². The van der Waals surface area contributed by atoms with Gasteiger partial charge in [-0.1, -0.05) is 6.07 Å². The summed E-state index contributed by atoms with van der Waals surface area (Å²) < 4.78 is 63.5. The number of fused-ring (bicyclic) bond motifs is 10. The Kier molecular flexibility index (Phi) is 3.87. The molecule has 7 rings (SSSR count). The van der Waals surface area contributed by atoms with E-state index in [-0.39, 0.29) is 23.3 Å². The van der Waals surface area contributed by atoms with Gasteiger partial charge in [-0.3, -0.25) is 9.78 Å². The summed E-state index contributed by atoms with van der Waals surface area (Å²) in [6, 6.07) is 8.95. The van der Waals surface area contributed by atoms with Gasteiger partial charge in [-0.15, -0.1) is 0 Å². The number of alkyl halides is 2. The van der Waals surface area contributed by atoms with Crippen molar-refractivity contribution < 1.29 is 27.2 Å². The fraction of sp³-hybridized carbons (Fsp3) is 0.296. The van der Waals surface area contributed by atoms with Crippen LogP contribution in [0.15, 0.2) is 48.8 Å². The summed E-state index contributed by atoms with van der Waals surface area (Å²) >= 11 is 0. The van der Waals surface area contributed by atoms with E-state index in [0.29, 0.717) is 34.8 Å². The first-order chi connectivity index (χ1) is 18.9. The van der Waals surface area contributed by atoms with E-state index in [4.69, 9.17) is 19.3 Å². The average Bonchev–Trinajstić information content (AvgIpc) is 3.49. The fourth-order valence-electron chi connectivity index (χ4n) is 5.81. The summed E-state index contributed by atoms with van der Waals surface area (Å²) in [6.45, 7) is -3.74. The summed E-state index contributed by atoms with van der Waals surface area (Å²) in [7, 11) is 0. The van der Waals surface area contributed by atoms with Crippen molar-refractivity contribution in [3.63, 3.8) is 0 Å². The van der Waals surface area contributed by atoms with Crippen LogP contribution in [0.2, 0.25) is 0 Å². The number of nitrogens with zero attached hydrogens (tertiary/aromatic N) is 4. The van der Waals surface area contributed by atoms with Gasteiger partial charge < -0.3 is 20.1 Å². The number of amides is 1. The van der Waals surface area contributed by atoms with Gasteiger partial charge in [-0.2, -0.15) is 13.9 Å². The van der Waals surface area contributed by atoms with Crippen molar-refractivity contribution in [2.45, 2.75) is 37.5 Å². The Morgan fingerprint density at radius 3 is 2.95 bits per heavy atom. The summed E-state index contributed by atoms with van der Waals surface area (Å²) in [6.07, 6.45) is 3.62. The second-order valence-electron chi connectivity index (χ2n) is 9.90. The number of halogens is 2. The van der Waals surface area contributed by atoms with Crippen molar-refractivity contribution in [1.82, 2.24) is 19.5 Å². The highest BCUT2D eigenvalue weighted by atomic mass is 19.3. The van der Waals surface area contributed by atoms with Crippen LogP contribution < -0.4 is 15.2 Å². The molecule has 2 aliphatic heterocycles. The third-order valence-electron chi connectivity index (χ3n) is 7.47. The highest BCUT2D eigenvalue weighted by Gasteiger charge is 2.46. The first-order valence-electron chi connectivity index (χ1n) is 13.3. The molecule has 2 bridgehead atoms. The molecule has 37 heavy (non-hydrogen) atoms. The Hall–Kier alpha value is -4.05. The molecule has 0 spiro atoms. The fourth-order valence-corrected chi connectivity index (χ4v) is 5.81. The van der Waals surface area contributed by atoms with Crippen LogP contribution in [0.1, 0.15) is 62.3 Å². The molecule has 1 aliphatic carbocycles. The van der Waals surface area contributed by atoms with Crippen LogP contribution in [0.5, 0.6) is 11.5 Å². The summed E-state index contributed by atoms with van der Waals surface area (Å²) in [5, 5.41) is 4.68. The van der Waals surface area contributed by atoms with Crippen molar-refractivity contribution >= 4 is 11.4 Å². The molecule has 188 valence electrons. The van der Waals surface area contributed by atoms with E-state index in [1.165, 1.54) is 18.2 Å². The van der Waals surface area contributed by atoms with Crippen LogP contribution >= 0.6 is 0 Å². The normalized spacial score (nSPS) is 25.2. The lowest BCUT2D eigenvalue weighted by Crippen LogP contribution is -2.35. The van der Waals surface area contributed by atoms with Gasteiger partial charge >= 0.3 is 6.61 Å². The first-order valence-corrected chi connectivity index (χ1v) is 11.8. The van der Waals surface area contributed by atoms with Gasteiger partial charge in [0.15, 0.2) is 0 Å². The minimum Gasteiger partial charge on any atom is -0.489 e. The molecule has 3 atom stereocenters. The maximum absolute atomic E-state index is 13.6. The Balaban J connectivity index is 1.43. The van der Waals surface area contributed by atoms with E-state index >= 15 is 0 Å². The van der Waals surface area contributed by atoms with E-state index in [1.54, 1.807) is 16.9 Å². The lowest BCUT2D eigenvalue weighted by molar-refractivity contribution is -0.0505. The number of aromatic nitrogens is 3. The Morgan fingerprint density at radius 1 is 1.27 bits per heavy atom. The predicted octanol–water partition coefficient (Wildman–Crippen LogP) is 4.23.